The molecule has 6 rings (SSSR count). The van der Waals surface area contributed by atoms with E-state index < -0.39 is 97.3 Å². The van der Waals surface area contributed by atoms with Crippen LogP contribution in [0.15, 0.2) is 87.5 Å². The number of hydrogen-bond acceptors (Lipinski definition) is 11. The third kappa shape index (κ3) is 19.7. The molecule has 0 unspecified atom stereocenters. The van der Waals surface area contributed by atoms with Crippen LogP contribution in [0.3, 0.4) is 0 Å². The van der Waals surface area contributed by atoms with Gasteiger partial charge in [-0.2, -0.15) is 39.5 Å². The molecule has 27 heteroatoms. The van der Waals surface area contributed by atoms with E-state index in [9.17, 15) is 74.4 Å². The van der Waals surface area contributed by atoms with Crippen molar-refractivity contribution < 1.29 is 114 Å². The van der Waals surface area contributed by atoms with Gasteiger partial charge in [0.1, 0.15) is 0 Å². The van der Waals surface area contributed by atoms with Crippen LogP contribution in [0.25, 0.3) is 0 Å². The number of carboxylic acids is 1. The van der Waals surface area contributed by atoms with Crippen molar-refractivity contribution >= 4 is 53.9 Å². The Morgan fingerprint density at radius 1 is 0.566 bits per heavy atom. The summed E-state index contributed by atoms with van der Waals surface area (Å²) in [5.41, 5.74) is 0.921. The van der Waals surface area contributed by atoms with Crippen LogP contribution in [0.2, 0.25) is 0 Å². The van der Waals surface area contributed by atoms with Crippen molar-refractivity contribution in [3.05, 3.63) is 89.5 Å². The molecule has 0 radical (unpaired) electrons. The maximum Gasteiger partial charge on any atom is 1.00 e. The SMILES string of the molecule is C.C.C.CC1(C(=O)O)CCC(S(=O)(=O)c2cccc(C(F)(F)F)c2)CC1.CC1(N)CCC(S(=O)(=O)c2cccc(C(F)(F)F)c2)CC1.CCOC(=O)C1(C)CCC(S(=O)(=O)c2cccc(C(F)(F)F)c2)CC1.Cl.O.[Li+].[OH-]. The van der Waals surface area contributed by atoms with Gasteiger partial charge in [-0.25, -0.2) is 25.3 Å². The number of hydrogen-bond donors (Lipinski definition) is 2. The van der Waals surface area contributed by atoms with Crippen LogP contribution in [0, 0.1) is 10.8 Å². The number of benzene rings is 3. The molecule has 434 valence electrons. The third-order valence-electron chi connectivity index (χ3n) is 13.2. The fourth-order valence-electron chi connectivity index (χ4n) is 8.49. The van der Waals surface area contributed by atoms with Crippen molar-refractivity contribution in [3.8, 4) is 0 Å². The summed E-state index contributed by atoms with van der Waals surface area (Å²) in [5.74, 6) is -1.34. The van der Waals surface area contributed by atoms with E-state index in [1.807, 2.05) is 6.92 Å². The molecule has 0 aliphatic heterocycles. The number of carboxylic acid groups (broad SMARTS) is 1. The van der Waals surface area contributed by atoms with E-state index in [4.69, 9.17) is 15.6 Å². The van der Waals surface area contributed by atoms with Gasteiger partial charge in [0.15, 0.2) is 29.5 Å². The Bertz CT molecular complexity index is 2650. The molecule has 76 heavy (non-hydrogen) atoms. The zero-order valence-electron chi connectivity index (χ0n) is 40.5. The van der Waals surface area contributed by atoms with Gasteiger partial charge in [-0.3, -0.25) is 9.59 Å². The van der Waals surface area contributed by atoms with Crippen molar-refractivity contribution in [1.82, 2.24) is 0 Å². The van der Waals surface area contributed by atoms with Gasteiger partial charge >= 0.3 is 49.3 Å². The van der Waals surface area contributed by atoms with Gasteiger partial charge in [-0.1, -0.05) is 40.5 Å². The molecular formula is C49H72ClF9LiNO12S3. The minimum Gasteiger partial charge on any atom is -0.870 e. The average Bonchev–Trinajstić information content (AvgIpc) is 3.26. The topological polar surface area (TPSA) is 254 Å². The van der Waals surface area contributed by atoms with Gasteiger partial charge in [0.05, 0.1) is 64.6 Å². The first-order valence-corrected chi connectivity index (χ1v) is 26.6. The van der Waals surface area contributed by atoms with Gasteiger partial charge in [0, 0.05) is 5.54 Å². The molecule has 0 spiro atoms. The predicted octanol–water partition coefficient (Wildman–Crippen LogP) is 8.98. The number of carbonyl (C=O) groups is 2. The molecule has 3 saturated carbocycles. The van der Waals surface area contributed by atoms with Crippen LogP contribution in [0.4, 0.5) is 39.5 Å². The smallest absolute Gasteiger partial charge is 0.870 e. The van der Waals surface area contributed by atoms with E-state index in [1.165, 1.54) is 12.1 Å². The largest absolute Gasteiger partial charge is 1.00 e. The Balaban J connectivity index is -0.000000491. The molecule has 0 bridgehead atoms. The molecule has 3 aromatic carbocycles. The Morgan fingerprint density at radius 3 is 1.05 bits per heavy atom. The molecule has 0 aromatic heterocycles. The third-order valence-corrected chi connectivity index (χ3v) is 20.0. The minimum absolute atomic E-state index is 0. The molecule has 0 atom stereocenters. The number of rotatable bonds is 9. The summed E-state index contributed by atoms with van der Waals surface area (Å²) < 4.78 is 195. The molecule has 13 nitrogen and oxygen atoms in total. The van der Waals surface area contributed by atoms with Crippen LogP contribution < -0.4 is 24.6 Å². The molecule has 3 aromatic rings. The second-order valence-corrected chi connectivity index (χ2v) is 25.3. The first kappa shape index (κ1) is 79.1. The molecule has 3 fully saturated rings. The van der Waals surface area contributed by atoms with Crippen LogP contribution in [0.5, 0.6) is 0 Å². The van der Waals surface area contributed by atoms with Crippen LogP contribution >= 0.6 is 12.4 Å². The van der Waals surface area contributed by atoms with Crippen LogP contribution in [-0.2, 0) is 62.4 Å². The van der Waals surface area contributed by atoms with Gasteiger partial charge in [0.25, 0.3) is 0 Å². The standard InChI is InChI=1S/C17H21F3O4S.C15H17F3O4S.C14H18F3NO2S.3CH4.ClH.Li.2H2O/c1-3-24-15(21)16(2)9-7-13(8-10-16)25(22,23)14-6-4-5-12(11-14)17(18,19)20;1-14(13(19)20)7-5-11(6-8-14)23(21,22)12-4-2-3-10(9-12)15(16,17)18;1-13(18)7-5-11(6-8-13)21(19,20)12-4-2-3-10(9-12)14(15,16)17;;;;;;;/h4-6,11,13H,3,7-10H2,1-2H3;2-4,9,11H,5-8H2,1H3,(H,19,20);2-4,9,11H,5-8,18H2,1H3;3*1H4;1H;;2*1H2/q;;;;;;;+1;;/p-1. The first-order chi connectivity index (χ1) is 31.5. The number of aliphatic carboxylic acids is 1. The van der Waals surface area contributed by atoms with Gasteiger partial charge < -0.3 is 26.5 Å². The number of sulfone groups is 3. The molecular weight excluding hydrogens is 1100 g/mol. The number of esters is 1. The van der Waals surface area contributed by atoms with E-state index >= 15 is 0 Å². The zero-order valence-corrected chi connectivity index (χ0v) is 43.8. The van der Waals surface area contributed by atoms with Gasteiger partial charge in [-0.15, -0.1) is 12.4 Å². The Morgan fingerprint density at radius 2 is 0.816 bits per heavy atom. The molecule has 3 aliphatic rings. The van der Waals surface area contributed by atoms with Crippen LogP contribution in [-0.4, -0.2) is 81.1 Å². The molecule has 6 N–H and O–H groups in total. The molecule has 0 amide bonds. The van der Waals surface area contributed by atoms with Crippen molar-refractivity contribution in [3.63, 3.8) is 0 Å². The number of alkyl halides is 9. The summed E-state index contributed by atoms with van der Waals surface area (Å²) in [5, 5.41) is 6.86. The van der Waals surface area contributed by atoms with E-state index in [-0.39, 0.29) is 136 Å². The Kier molecular flexibility index (Phi) is 30.9. The number of nitrogens with two attached hydrogens (primary N) is 1. The van der Waals surface area contributed by atoms with E-state index in [0.29, 0.717) is 56.7 Å². The molecule has 3 aliphatic carbocycles. The number of ether oxygens (including phenoxy) is 1. The van der Waals surface area contributed by atoms with E-state index in [2.05, 4.69) is 0 Å². The normalized spacial score (nSPS) is 23.6. The molecule has 0 saturated heterocycles. The van der Waals surface area contributed by atoms with Crippen molar-refractivity contribution in [2.24, 2.45) is 16.6 Å². The minimum atomic E-state index is -4.61. The van der Waals surface area contributed by atoms with Gasteiger partial charge in [-0.05, 0) is 159 Å². The second-order valence-electron chi connectivity index (χ2n) is 18.6. The number of halogens is 10. The maximum atomic E-state index is 12.8. The quantitative estimate of drug-likeness (QED) is 0.116. The second kappa shape index (κ2) is 29.7. The average molecular weight is 1180 g/mol. The summed E-state index contributed by atoms with van der Waals surface area (Å²) in [7, 11) is -11.5. The Labute approximate surface area is 459 Å². The number of carbonyl (C=O) groups excluding carboxylic acids is 1. The van der Waals surface area contributed by atoms with Crippen LogP contribution in [0.1, 0.15) is 144 Å². The zero-order chi connectivity index (χ0) is 52.2. The monoisotopic (exact) mass is 1180 g/mol. The van der Waals surface area contributed by atoms with E-state index in [0.717, 1.165) is 42.5 Å². The summed E-state index contributed by atoms with van der Waals surface area (Å²) in [6, 6.07) is 11.4. The first-order valence-electron chi connectivity index (χ1n) is 21.9. The summed E-state index contributed by atoms with van der Waals surface area (Å²) >= 11 is 0. The van der Waals surface area contributed by atoms with Crippen molar-refractivity contribution in [1.29, 1.82) is 0 Å². The van der Waals surface area contributed by atoms with Crippen molar-refractivity contribution in [2.75, 3.05) is 6.61 Å². The summed E-state index contributed by atoms with van der Waals surface area (Å²) in [6.07, 6.45) is -10.2. The van der Waals surface area contributed by atoms with Gasteiger partial charge in [0.2, 0.25) is 0 Å². The van der Waals surface area contributed by atoms with Crippen molar-refractivity contribution in [2.45, 2.75) is 182 Å². The summed E-state index contributed by atoms with van der Waals surface area (Å²) in [4.78, 5) is 22.2. The maximum absolute atomic E-state index is 12.8. The predicted molar refractivity (Wildman–Crippen MR) is 269 cm³/mol. The Hall–Kier alpha value is -3.41. The fourth-order valence-corrected chi connectivity index (χ4v) is 13.9. The van der Waals surface area contributed by atoms with E-state index in [1.54, 1.807) is 20.8 Å². The fraction of sp³-hybridized carbons (Fsp3) is 0.592. The summed E-state index contributed by atoms with van der Waals surface area (Å²) in [6.45, 7) is 7.10. The molecule has 0 heterocycles.